The molecule has 1 rings (SSSR count). The van der Waals surface area contributed by atoms with E-state index in [4.69, 9.17) is 0 Å². The molecule has 1 aromatic rings. The molecule has 0 unspecified atom stereocenters. The van der Waals surface area contributed by atoms with Crippen molar-refractivity contribution in [3.05, 3.63) is 21.9 Å². The Bertz CT molecular complexity index is 357. The van der Waals surface area contributed by atoms with Crippen LogP contribution in [0, 0.1) is 6.92 Å². The topological polar surface area (TPSA) is 40.5 Å². The predicted octanol–water partition coefficient (Wildman–Crippen LogP) is 1.90. The molecule has 0 saturated heterocycles. The summed E-state index contributed by atoms with van der Waals surface area (Å²) < 4.78 is 0. The van der Waals surface area contributed by atoms with Gasteiger partial charge < -0.3 is 10.0 Å². The lowest BCUT2D eigenvalue weighted by Crippen LogP contribution is -2.47. The summed E-state index contributed by atoms with van der Waals surface area (Å²) in [6.07, 6.45) is 0. The van der Waals surface area contributed by atoms with E-state index in [2.05, 4.69) is 0 Å². The van der Waals surface area contributed by atoms with E-state index in [9.17, 15) is 9.90 Å². The average molecular weight is 227 g/mol. The number of aliphatic hydroxyl groups excluding tert-OH is 1. The fraction of sp³-hybridized carbons (Fsp3) is 0.545. The Morgan fingerprint density at radius 1 is 1.53 bits per heavy atom. The molecular formula is C11H17NO2S. The normalized spacial score (nSPS) is 11.5. The molecule has 0 aliphatic carbocycles. The van der Waals surface area contributed by atoms with E-state index < -0.39 is 5.54 Å². The molecule has 0 bridgehead atoms. The van der Waals surface area contributed by atoms with Crippen LogP contribution in [0.15, 0.2) is 10.8 Å². The molecule has 0 saturated carbocycles. The Morgan fingerprint density at radius 3 is 2.53 bits per heavy atom. The molecule has 1 aromatic heterocycles. The zero-order valence-electron chi connectivity index (χ0n) is 9.57. The minimum atomic E-state index is -0.522. The monoisotopic (exact) mass is 227 g/mol. The smallest absolute Gasteiger partial charge is 0.255 e. The van der Waals surface area contributed by atoms with Crippen molar-refractivity contribution in [2.45, 2.75) is 26.3 Å². The lowest BCUT2D eigenvalue weighted by atomic mass is 10.0. The number of nitrogens with zero attached hydrogens (tertiary/aromatic N) is 1. The lowest BCUT2D eigenvalue weighted by molar-refractivity contribution is 0.0473. The molecule has 15 heavy (non-hydrogen) atoms. The van der Waals surface area contributed by atoms with Crippen molar-refractivity contribution < 1.29 is 9.90 Å². The third kappa shape index (κ3) is 2.38. The summed E-state index contributed by atoms with van der Waals surface area (Å²) in [5.41, 5.74) is 1.19. The van der Waals surface area contributed by atoms with Crippen molar-refractivity contribution in [1.82, 2.24) is 4.90 Å². The second-order valence-corrected chi connectivity index (χ2v) is 5.05. The van der Waals surface area contributed by atoms with Gasteiger partial charge in [-0.2, -0.15) is 11.3 Å². The summed E-state index contributed by atoms with van der Waals surface area (Å²) >= 11 is 1.52. The van der Waals surface area contributed by atoms with Crippen LogP contribution >= 0.6 is 11.3 Å². The molecule has 0 atom stereocenters. The van der Waals surface area contributed by atoms with Gasteiger partial charge in [-0.05, 0) is 31.7 Å². The maximum absolute atomic E-state index is 12.1. The number of aryl methyl sites for hydroxylation is 1. The summed E-state index contributed by atoms with van der Waals surface area (Å²) in [7, 11) is 1.72. The summed E-state index contributed by atoms with van der Waals surface area (Å²) in [5, 5.41) is 13.0. The number of carbonyl (C=O) groups is 1. The van der Waals surface area contributed by atoms with Crippen LogP contribution in [0.5, 0.6) is 0 Å². The highest BCUT2D eigenvalue weighted by molar-refractivity contribution is 7.08. The van der Waals surface area contributed by atoms with E-state index in [0.29, 0.717) is 0 Å². The second kappa shape index (κ2) is 4.33. The lowest BCUT2D eigenvalue weighted by Gasteiger charge is -2.33. The van der Waals surface area contributed by atoms with Crippen molar-refractivity contribution in [2.24, 2.45) is 0 Å². The van der Waals surface area contributed by atoms with Gasteiger partial charge in [-0.15, -0.1) is 0 Å². The summed E-state index contributed by atoms with van der Waals surface area (Å²) in [6, 6.07) is 0. The van der Waals surface area contributed by atoms with Crippen molar-refractivity contribution in [3.8, 4) is 0 Å². The molecule has 1 heterocycles. The maximum Gasteiger partial charge on any atom is 0.255 e. The molecule has 1 N–H and O–H groups in total. The van der Waals surface area contributed by atoms with Crippen LogP contribution in [0.25, 0.3) is 0 Å². The van der Waals surface area contributed by atoms with Crippen molar-refractivity contribution in [2.75, 3.05) is 13.7 Å². The van der Waals surface area contributed by atoms with Gasteiger partial charge in [0.15, 0.2) is 0 Å². The fourth-order valence-electron chi connectivity index (χ4n) is 1.14. The van der Waals surface area contributed by atoms with E-state index in [1.807, 2.05) is 31.5 Å². The molecule has 0 aliphatic heterocycles. The van der Waals surface area contributed by atoms with Gasteiger partial charge in [-0.3, -0.25) is 4.79 Å². The predicted molar refractivity (Wildman–Crippen MR) is 62.3 cm³/mol. The fourth-order valence-corrected chi connectivity index (χ4v) is 1.96. The van der Waals surface area contributed by atoms with Crippen molar-refractivity contribution in [1.29, 1.82) is 0 Å². The third-order valence-electron chi connectivity index (χ3n) is 2.69. The number of aliphatic hydroxyl groups is 1. The minimum Gasteiger partial charge on any atom is -0.394 e. The second-order valence-electron chi connectivity index (χ2n) is 4.30. The van der Waals surface area contributed by atoms with Gasteiger partial charge in [0.2, 0.25) is 0 Å². The largest absolute Gasteiger partial charge is 0.394 e. The summed E-state index contributed by atoms with van der Waals surface area (Å²) in [6.45, 7) is 5.56. The van der Waals surface area contributed by atoms with E-state index in [0.717, 1.165) is 11.1 Å². The first kappa shape index (κ1) is 12.2. The Balaban J connectivity index is 2.92. The van der Waals surface area contributed by atoms with Crippen molar-refractivity contribution in [3.63, 3.8) is 0 Å². The van der Waals surface area contributed by atoms with Crippen molar-refractivity contribution >= 4 is 17.2 Å². The zero-order valence-corrected chi connectivity index (χ0v) is 10.4. The average Bonchev–Trinajstić information content (AvgIpc) is 2.62. The molecule has 0 aliphatic rings. The Kier molecular flexibility index (Phi) is 3.52. The maximum atomic E-state index is 12.1. The van der Waals surface area contributed by atoms with Crippen LogP contribution in [-0.2, 0) is 0 Å². The van der Waals surface area contributed by atoms with Gasteiger partial charge >= 0.3 is 0 Å². The molecule has 1 amide bonds. The summed E-state index contributed by atoms with van der Waals surface area (Å²) in [4.78, 5) is 13.6. The highest BCUT2D eigenvalue weighted by atomic mass is 32.1. The number of hydrogen-bond acceptors (Lipinski definition) is 3. The third-order valence-corrected chi connectivity index (χ3v) is 3.55. The first-order valence-electron chi connectivity index (χ1n) is 4.82. The van der Waals surface area contributed by atoms with Gasteiger partial charge in [0.1, 0.15) is 0 Å². The highest BCUT2D eigenvalue weighted by Gasteiger charge is 2.28. The minimum absolute atomic E-state index is 0.0344. The zero-order chi connectivity index (χ0) is 11.6. The molecular weight excluding hydrogens is 210 g/mol. The van der Waals surface area contributed by atoms with E-state index >= 15 is 0 Å². The van der Waals surface area contributed by atoms with Gasteiger partial charge in [-0.1, -0.05) is 0 Å². The number of hydrogen-bond donors (Lipinski definition) is 1. The highest BCUT2D eigenvalue weighted by Crippen LogP contribution is 2.20. The Labute approximate surface area is 94.3 Å². The number of rotatable bonds is 3. The van der Waals surface area contributed by atoms with Gasteiger partial charge in [0.05, 0.1) is 17.7 Å². The van der Waals surface area contributed by atoms with Crippen LogP contribution in [0.1, 0.15) is 29.8 Å². The standard InChI is InChI=1S/C11H17NO2S/c1-8-5-15-6-9(8)10(14)12(4)11(2,3)7-13/h5-6,13H,7H2,1-4H3. The van der Waals surface area contributed by atoms with Crippen LogP contribution in [0.4, 0.5) is 0 Å². The van der Waals surface area contributed by atoms with Crippen LogP contribution in [0.3, 0.4) is 0 Å². The summed E-state index contributed by atoms with van der Waals surface area (Å²) in [5.74, 6) is -0.0344. The number of amides is 1. The first-order valence-corrected chi connectivity index (χ1v) is 5.76. The van der Waals surface area contributed by atoms with Crippen LogP contribution in [-0.4, -0.2) is 35.1 Å². The number of carbonyl (C=O) groups excluding carboxylic acids is 1. The first-order chi connectivity index (χ1) is 6.90. The van der Waals surface area contributed by atoms with Crippen LogP contribution < -0.4 is 0 Å². The Morgan fingerprint density at radius 2 is 2.13 bits per heavy atom. The molecule has 0 radical (unpaired) electrons. The number of thiophene rings is 1. The van der Waals surface area contributed by atoms with Gasteiger partial charge in [-0.25, -0.2) is 0 Å². The van der Waals surface area contributed by atoms with Gasteiger partial charge in [0, 0.05) is 12.4 Å². The van der Waals surface area contributed by atoms with E-state index in [-0.39, 0.29) is 12.5 Å². The molecule has 3 nitrogen and oxygen atoms in total. The van der Waals surface area contributed by atoms with E-state index in [1.165, 1.54) is 11.3 Å². The quantitative estimate of drug-likeness (QED) is 0.856. The SMILES string of the molecule is Cc1cscc1C(=O)N(C)C(C)(C)CO. The van der Waals surface area contributed by atoms with Gasteiger partial charge in [0.25, 0.3) is 5.91 Å². The molecule has 0 spiro atoms. The molecule has 0 fully saturated rings. The Hall–Kier alpha value is -0.870. The molecule has 4 heteroatoms. The molecule has 0 aromatic carbocycles. The number of likely N-dealkylation sites (N-methyl/N-ethyl adjacent to an activating group) is 1. The van der Waals surface area contributed by atoms with E-state index in [1.54, 1.807) is 11.9 Å². The molecule has 84 valence electrons. The van der Waals surface area contributed by atoms with Crippen LogP contribution in [0.2, 0.25) is 0 Å².